The summed E-state index contributed by atoms with van der Waals surface area (Å²) in [5.74, 6) is 0.472. The molecule has 0 amide bonds. The summed E-state index contributed by atoms with van der Waals surface area (Å²) in [7, 11) is 1.63. The summed E-state index contributed by atoms with van der Waals surface area (Å²) in [6.07, 6.45) is -3.09. The first-order valence-electron chi connectivity index (χ1n) is 5.71. The Bertz CT molecular complexity index is 672. The van der Waals surface area contributed by atoms with E-state index in [1.807, 2.05) is 0 Å². The number of pyridine rings is 1. The fraction of sp³-hybridized carbons (Fsp3) is 0.143. The van der Waals surface area contributed by atoms with Crippen LogP contribution in [0.3, 0.4) is 0 Å². The zero-order valence-corrected chi connectivity index (χ0v) is 10.5. The van der Waals surface area contributed by atoms with Gasteiger partial charge < -0.3 is 5.32 Å². The minimum absolute atomic E-state index is 0.0235. The Morgan fingerprint density at radius 1 is 1.20 bits per heavy atom. The van der Waals surface area contributed by atoms with E-state index in [9.17, 15) is 13.2 Å². The lowest BCUT2D eigenvalue weighted by Crippen LogP contribution is -2.08. The molecule has 0 saturated heterocycles. The lowest BCUT2D eigenvalue weighted by Gasteiger charge is -2.13. The SMILES string of the molecule is CNc1cc(-c2ccc(C#N)cc2C(F)(F)F)ccn1. The fourth-order valence-electron chi connectivity index (χ4n) is 1.83. The van der Waals surface area contributed by atoms with Gasteiger partial charge in [0.2, 0.25) is 0 Å². The average molecular weight is 277 g/mol. The highest BCUT2D eigenvalue weighted by Crippen LogP contribution is 2.37. The summed E-state index contributed by atoms with van der Waals surface area (Å²) >= 11 is 0. The number of nitrogens with zero attached hydrogens (tertiary/aromatic N) is 2. The van der Waals surface area contributed by atoms with Crippen LogP contribution in [-0.4, -0.2) is 12.0 Å². The average Bonchev–Trinajstić information content (AvgIpc) is 2.45. The number of nitriles is 1. The standard InChI is InChI=1S/C14H10F3N3/c1-19-13-7-10(4-5-20-13)11-3-2-9(8-18)6-12(11)14(15,16)17/h2-7H,1H3,(H,19,20). The van der Waals surface area contributed by atoms with Gasteiger partial charge in [0.1, 0.15) is 5.82 Å². The summed E-state index contributed by atoms with van der Waals surface area (Å²) in [6, 6.07) is 8.26. The van der Waals surface area contributed by atoms with Crippen LogP contribution < -0.4 is 5.32 Å². The van der Waals surface area contributed by atoms with Crippen molar-refractivity contribution in [2.24, 2.45) is 0 Å². The zero-order chi connectivity index (χ0) is 14.8. The van der Waals surface area contributed by atoms with Crippen LogP contribution >= 0.6 is 0 Å². The molecule has 1 N–H and O–H groups in total. The molecule has 6 heteroatoms. The number of alkyl halides is 3. The van der Waals surface area contributed by atoms with Crippen molar-refractivity contribution in [3.8, 4) is 17.2 Å². The molecule has 1 heterocycles. The molecule has 0 aliphatic carbocycles. The Morgan fingerprint density at radius 2 is 1.95 bits per heavy atom. The van der Waals surface area contributed by atoms with E-state index in [-0.39, 0.29) is 11.1 Å². The number of hydrogen-bond donors (Lipinski definition) is 1. The molecule has 0 atom stereocenters. The smallest absolute Gasteiger partial charge is 0.373 e. The molecule has 20 heavy (non-hydrogen) atoms. The van der Waals surface area contributed by atoms with E-state index in [4.69, 9.17) is 5.26 Å². The predicted octanol–water partition coefficient (Wildman–Crippen LogP) is 3.68. The summed E-state index contributed by atoms with van der Waals surface area (Å²) in [5, 5.41) is 11.5. The van der Waals surface area contributed by atoms with Crippen LogP contribution in [-0.2, 0) is 6.18 Å². The van der Waals surface area contributed by atoms with Crippen LogP contribution in [0.25, 0.3) is 11.1 Å². The number of anilines is 1. The van der Waals surface area contributed by atoms with Gasteiger partial charge in [0, 0.05) is 13.2 Å². The van der Waals surface area contributed by atoms with Crippen LogP contribution in [0.5, 0.6) is 0 Å². The largest absolute Gasteiger partial charge is 0.417 e. The molecule has 1 aromatic carbocycles. The zero-order valence-electron chi connectivity index (χ0n) is 10.5. The van der Waals surface area contributed by atoms with E-state index in [1.54, 1.807) is 13.1 Å². The van der Waals surface area contributed by atoms with Crippen molar-refractivity contribution in [1.29, 1.82) is 5.26 Å². The maximum Gasteiger partial charge on any atom is 0.417 e. The van der Waals surface area contributed by atoms with Crippen molar-refractivity contribution in [1.82, 2.24) is 4.98 Å². The van der Waals surface area contributed by atoms with E-state index in [0.29, 0.717) is 11.4 Å². The number of halogens is 3. The molecule has 2 rings (SSSR count). The Labute approximate surface area is 113 Å². The first kappa shape index (κ1) is 13.9. The topological polar surface area (TPSA) is 48.7 Å². The van der Waals surface area contributed by atoms with Gasteiger partial charge in [-0.3, -0.25) is 0 Å². The Balaban J connectivity index is 2.64. The highest BCUT2D eigenvalue weighted by atomic mass is 19.4. The van der Waals surface area contributed by atoms with Gasteiger partial charge in [-0.1, -0.05) is 6.07 Å². The van der Waals surface area contributed by atoms with E-state index >= 15 is 0 Å². The first-order valence-corrected chi connectivity index (χ1v) is 5.71. The third-order valence-corrected chi connectivity index (χ3v) is 2.78. The predicted molar refractivity (Wildman–Crippen MR) is 68.9 cm³/mol. The summed E-state index contributed by atoms with van der Waals surface area (Å²) in [4.78, 5) is 3.96. The van der Waals surface area contributed by atoms with Gasteiger partial charge in [-0.05, 0) is 35.4 Å². The molecule has 0 fully saturated rings. The van der Waals surface area contributed by atoms with Crippen molar-refractivity contribution >= 4 is 5.82 Å². The van der Waals surface area contributed by atoms with Crippen molar-refractivity contribution in [3.05, 3.63) is 47.7 Å². The van der Waals surface area contributed by atoms with E-state index in [2.05, 4.69) is 10.3 Å². The van der Waals surface area contributed by atoms with E-state index in [1.165, 1.54) is 30.5 Å². The molecule has 1 aromatic heterocycles. The van der Waals surface area contributed by atoms with Crippen LogP contribution in [0, 0.1) is 11.3 Å². The lowest BCUT2D eigenvalue weighted by molar-refractivity contribution is -0.137. The van der Waals surface area contributed by atoms with Crippen LogP contribution in [0.4, 0.5) is 19.0 Å². The highest BCUT2D eigenvalue weighted by molar-refractivity contribution is 5.71. The number of benzene rings is 1. The number of aromatic nitrogens is 1. The molecule has 0 aliphatic rings. The van der Waals surface area contributed by atoms with Gasteiger partial charge >= 0.3 is 6.18 Å². The van der Waals surface area contributed by atoms with E-state index < -0.39 is 11.7 Å². The van der Waals surface area contributed by atoms with Gasteiger partial charge in [-0.15, -0.1) is 0 Å². The second kappa shape index (κ2) is 5.21. The quantitative estimate of drug-likeness (QED) is 0.910. The molecule has 0 spiro atoms. The van der Waals surface area contributed by atoms with Crippen LogP contribution in [0.2, 0.25) is 0 Å². The Kier molecular flexibility index (Phi) is 3.61. The van der Waals surface area contributed by atoms with Crippen molar-refractivity contribution in [2.45, 2.75) is 6.18 Å². The van der Waals surface area contributed by atoms with Gasteiger partial charge in [-0.25, -0.2) is 4.98 Å². The monoisotopic (exact) mass is 277 g/mol. The molecule has 102 valence electrons. The van der Waals surface area contributed by atoms with Gasteiger partial charge in [0.25, 0.3) is 0 Å². The Hall–Kier alpha value is -2.55. The maximum absolute atomic E-state index is 13.1. The first-order chi connectivity index (χ1) is 9.45. The maximum atomic E-state index is 13.1. The third-order valence-electron chi connectivity index (χ3n) is 2.78. The third kappa shape index (κ3) is 2.72. The Morgan fingerprint density at radius 3 is 2.55 bits per heavy atom. The van der Waals surface area contributed by atoms with Crippen molar-refractivity contribution in [3.63, 3.8) is 0 Å². The van der Waals surface area contributed by atoms with Gasteiger partial charge in [0.15, 0.2) is 0 Å². The molecule has 0 radical (unpaired) electrons. The highest BCUT2D eigenvalue weighted by Gasteiger charge is 2.34. The van der Waals surface area contributed by atoms with E-state index in [0.717, 1.165) is 6.07 Å². The molecule has 2 aromatic rings. The minimum Gasteiger partial charge on any atom is -0.373 e. The fourth-order valence-corrected chi connectivity index (χ4v) is 1.83. The number of nitrogens with one attached hydrogen (secondary N) is 1. The molecular formula is C14H10F3N3. The lowest BCUT2D eigenvalue weighted by atomic mass is 9.98. The molecule has 0 bridgehead atoms. The number of hydrogen-bond acceptors (Lipinski definition) is 3. The van der Waals surface area contributed by atoms with Gasteiger partial charge in [0.05, 0.1) is 17.2 Å². The second-order valence-corrected chi connectivity index (χ2v) is 4.05. The normalized spacial score (nSPS) is 10.9. The number of rotatable bonds is 2. The molecule has 0 saturated carbocycles. The van der Waals surface area contributed by atoms with Crippen LogP contribution in [0.1, 0.15) is 11.1 Å². The van der Waals surface area contributed by atoms with Crippen LogP contribution in [0.15, 0.2) is 36.5 Å². The molecule has 3 nitrogen and oxygen atoms in total. The second-order valence-electron chi connectivity index (χ2n) is 4.05. The van der Waals surface area contributed by atoms with Gasteiger partial charge in [-0.2, -0.15) is 18.4 Å². The summed E-state index contributed by atoms with van der Waals surface area (Å²) in [5.41, 5.74) is -0.440. The minimum atomic E-state index is -4.52. The van der Waals surface area contributed by atoms with Crippen molar-refractivity contribution in [2.75, 3.05) is 12.4 Å². The summed E-state index contributed by atoms with van der Waals surface area (Å²) < 4.78 is 39.3. The van der Waals surface area contributed by atoms with Crippen molar-refractivity contribution < 1.29 is 13.2 Å². The molecule has 0 unspecified atom stereocenters. The molecular weight excluding hydrogens is 267 g/mol. The summed E-state index contributed by atoms with van der Waals surface area (Å²) in [6.45, 7) is 0. The molecule has 0 aliphatic heterocycles.